The van der Waals surface area contributed by atoms with Gasteiger partial charge in [0.25, 0.3) is 5.91 Å². The third-order valence-electron chi connectivity index (χ3n) is 5.39. The SMILES string of the molecule is COc1ccc(C(=O)Oc2ccc(/C=N/NC(=O)COc3cc(C)c(Br)cc3C(C)C)cc2OC)cc1. The minimum atomic E-state index is -0.531. The van der Waals surface area contributed by atoms with Crippen LogP contribution in [0.2, 0.25) is 0 Å². The normalized spacial score (nSPS) is 10.9. The lowest BCUT2D eigenvalue weighted by Crippen LogP contribution is -2.25. The largest absolute Gasteiger partial charge is 0.497 e. The molecule has 3 aromatic carbocycles. The van der Waals surface area contributed by atoms with E-state index in [0.29, 0.717) is 28.4 Å². The van der Waals surface area contributed by atoms with Gasteiger partial charge in [-0.2, -0.15) is 5.10 Å². The fraction of sp³-hybridized carbons (Fsp3) is 0.250. The number of esters is 1. The van der Waals surface area contributed by atoms with Crippen molar-refractivity contribution in [1.82, 2.24) is 5.43 Å². The van der Waals surface area contributed by atoms with Crippen molar-refractivity contribution in [3.05, 3.63) is 81.3 Å². The summed E-state index contributed by atoms with van der Waals surface area (Å²) in [6.07, 6.45) is 1.46. The molecule has 1 N–H and O–H groups in total. The lowest BCUT2D eigenvalue weighted by atomic mass is 10.0. The van der Waals surface area contributed by atoms with Gasteiger partial charge in [-0.05, 0) is 84.1 Å². The number of halogens is 1. The van der Waals surface area contributed by atoms with Crippen LogP contribution in [0.1, 0.15) is 46.8 Å². The number of hydrazone groups is 1. The minimum absolute atomic E-state index is 0.179. The van der Waals surface area contributed by atoms with Gasteiger partial charge in [-0.1, -0.05) is 29.8 Å². The summed E-state index contributed by atoms with van der Waals surface area (Å²) in [4.78, 5) is 24.7. The molecule has 9 heteroatoms. The van der Waals surface area contributed by atoms with Crippen molar-refractivity contribution < 1.29 is 28.5 Å². The number of hydrogen-bond acceptors (Lipinski definition) is 7. The second kappa shape index (κ2) is 12.9. The Morgan fingerprint density at radius 2 is 1.70 bits per heavy atom. The molecular weight excluding hydrogens is 540 g/mol. The highest BCUT2D eigenvalue weighted by Gasteiger charge is 2.14. The van der Waals surface area contributed by atoms with Crippen LogP contribution in [-0.4, -0.2) is 38.9 Å². The molecule has 0 spiro atoms. The number of methoxy groups -OCH3 is 2. The van der Waals surface area contributed by atoms with E-state index in [2.05, 4.69) is 40.3 Å². The summed E-state index contributed by atoms with van der Waals surface area (Å²) in [5.41, 5.74) is 5.48. The standard InChI is InChI=1S/C28H29BrN2O6/c1-17(2)22-14-23(29)18(3)12-25(22)36-16-27(32)31-30-15-19-6-11-24(26(13-19)35-5)37-28(33)20-7-9-21(34-4)10-8-20/h6-15,17H,16H2,1-5H3,(H,31,32)/b30-15+. The Kier molecular flexibility index (Phi) is 9.68. The van der Waals surface area contributed by atoms with Crippen LogP contribution in [0, 0.1) is 6.92 Å². The van der Waals surface area contributed by atoms with Crippen molar-refractivity contribution in [3.8, 4) is 23.0 Å². The molecule has 37 heavy (non-hydrogen) atoms. The maximum absolute atomic E-state index is 12.5. The maximum atomic E-state index is 12.5. The summed E-state index contributed by atoms with van der Waals surface area (Å²) in [7, 11) is 3.02. The number of benzene rings is 3. The van der Waals surface area contributed by atoms with Crippen LogP contribution in [0.5, 0.6) is 23.0 Å². The predicted molar refractivity (Wildman–Crippen MR) is 145 cm³/mol. The molecule has 0 saturated heterocycles. The van der Waals surface area contributed by atoms with E-state index in [1.54, 1.807) is 49.6 Å². The molecule has 0 aliphatic rings. The Bertz CT molecular complexity index is 1290. The highest BCUT2D eigenvalue weighted by Crippen LogP contribution is 2.32. The van der Waals surface area contributed by atoms with E-state index in [0.717, 1.165) is 15.6 Å². The molecular formula is C28H29BrN2O6. The van der Waals surface area contributed by atoms with Crippen LogP contribution >= 0.6 is 15.9 Å². The van der Waals surface area contributed by atoms with E-state index < -0.39 is 11.9 Å². The Morgan fingerprint density at radius 3 is 2.35 bits per heavy atom. The van der Waals surface area contributed by atoms with Gasteiger partial charge in [0.1, 0.15) is 11.5 Å². The van der Waals surface area contributed by atoms with E-state index in [-0.39, 0.29) is 18.3 Å². The quantitative estimate of drug-likeness (QED) is 0.147. The Morgan fingerprint density at radius 1 is 0.973 bits per heavy atom. The molecule has 0 bridgehead atoms. The smallest absolute Gasteiger partial charge is 0.343 e. The molecule has 0 radical (unpaired) electrons. The highest BCUT2D eigenvalue weighted by atomic mass is 79.9. The Labute approximate surface area is 224 Å². The molecule has 0 aromatic heterocycles. The summed E-state index contributed by atoms with van der Waals surface area (Å²) in [6, 6.07) is 15.4. The van der Waals surface area contributed by atoms with Gasteiger partial charge in [0.2, 0.25) is 0 Å². The third-order valence-corrected chi connectivity index (χ3v) is 6.25. The summed E-state index contributed by atoms with van der Waals surface area (Å²) < 4.78 is 22.7. The molecule has 0 atom stereocenters. The zero-order chi connectivity index (χ0) is 26.9. The monoisotopic (exact) mass is 568 g/mol. The van der Waals surface area contributed by atoms with Crippen molar-refractivity contribution in [3.63, 3.8) is 0 Å². The van der Waals surface area contributed by atoms with Gasteiger partial charge >= 0.3 is 5.97 Å². The fourth-order valence-electron chi connectivity index (χ4n) is 3.34. The Hall–Kier alpha value is -3.85. The number of nitrogens with one attached hydrogen (secondary N) is 1. The molecule has 0 aliphatic heterocycles. The van der Waals surface area contributed by atoms with Crippen LogP contribution in [0.15, 0.2) is 64.2 Å². The van der Waals surface area contributed by atoms with E-state index in [1.165, 1.54) is 13.3 Å². The van der Waals surface area contributed by atoms with Crippen LogP contribution in [0.3, 0.4) is 0 Å². The second-order valence-electron chi connectivity index (χ2n) is 8.40. The highest BCUT2D eigenvalue weighted by molar-refractivity contribution is 9.10. The molecule has 8 nitrogen and oxygen atoms in total. The molecule has 0 heterocycles. The first-order chi connectivity index (χ1) is 17.7. The maximum Gasteiger partial charge on any atom is 0.343 e. The Balaban J connectivity index is 1.59. The summed E-state index contributed by atoms with van der Waals surface area (Å²) in [5, 5.41) is 3.99. The van der Waals surface area contributed by atoms with Gasteiger partial charge in [0.15, 0.2) is 18.1 Å². The molecule has 3 aromatic rings. The average Bonchev–Trinajstić information content (AvgIpc) is 2.89. The molecule has 0 unspecified atom stereocenters. The average molecular weight is 569 g/mol. The lowest BCUT2D eigenvalue weighted by Gasteiger charge is -2.15. The first-order valence-electron chi connectivity index (χ1n) is 11.5. The van der Waals surface area contributed by atoms with Gasteiger partial charge < -0.3 is 18.9 Å². The molecule has 194 valence electrons. The zero-order valence-electron chi connectivity index (χ0n) is 21.3. The number of ether oxygens (including phenoxy) is 4. The predicted octanol–water partition coefficient (Wildman–Crippen LogP) is 5.65. The minimum Gasteiger partial charge on any atom is -0.497 e. The van der Waals surface area contributed by atoms with E-state index in [1.807, 2.05) is 19.1 Å². The number of carbonyl (C=O) groups is 2. The van der Waals surface area contributed by atoms with Gasteiger partial charge in [0.05, 0.1) is 26.0 Å². The van der Waals surface area contributed by atoms with Crippen LogP contribution < -0.4 is 24.4 Å². The van der Waals surface area contributed by atoms with E-state index in [9.17, 15) is 9.59 Å². The van der Waals surface area contributed by atoms with E-state index in [4.69, 9.17) is 18.9 Å². The summed E-state index contributed by atoms with van der Waals surface area (Å²) in [6.45, 7) is 5.91. The third kappa shape index (κ3) is 7.57. The van der Waals surface area contributed by atoms with Crippen molar-refractivity contribution in [1.29, 1.82) is 0 Å². The lowest BCUT2D eigenvalue weighted by molar-refractivity contribution is -0.123. The van der Waals surface area contributed by atoms with Gasteiger partial charge in [-0.25, -0.2) is 10.2 Å². The zero-order valence-corrected chi connectivity index (χ0v) is 22.9. The summed E-state index contributed by atoms with van der Waals surface area (Å²) in [5.74, 6) is 1.21. The molecule has 0 aliphatic carbocycles. The van der Waals surface area contributed by atoms with Crippen molar-refractivity contribution >= 4 is 34.0 Å². The van der Waals surface area contributed by atoms with Crippen molar-refractivity contribution in [2.45, 2.75) is 26.7 Å². The molecule has 3 rings (SSSR count). The number of amides is 1. The van der Waals surface area contributed by atoms with Gasteiger partial charge in [0, 0.05) is 4.47 Å². The van der Waals surface area contributed by atoms with Crippen LogP contribution in [-0.2, 0) is 4.79 Å². The van der Waals surface area contributed by atoms with Crippen LogP contribution in [0.4, 0.5) is 0 Å². The van der Waals surface area contributed by atoms with Gasteiger partial charge in [-0.3, -0.25) is 4.79 Å². The van der Waals surface area contributed by atoms with Crippen LogP contribution in [0.25, 0.3) is 0 Å². The first kappa shape index (κ1) is 27.7. The molecule has 1 amide bonds. The number of hydrogen-bond donors (Lipinski definition) is 1. The number of carbonyl (C=O) groups excluding carboxylic acids is 2. The number of aryl methyl sites for hydroxylation is 1. The molecule has 0 saturated carbocycles. The van der Waals surface area contributed by atoms with Crippen molar-refractivity contribution in [2.24, 2.45) is 5.10 Å². The fourth-order valence-corrected chi connectivity index (χ4v) is 3.70. The van der Waals surface area contributed by atoms with E-state index >= 15 is 0 Å². The number of nitrogens with zero attached hydrogens (tertiary/aromatic N) is 1. The first-order valence-corrected chi connectivity index (χ1v) is 12.3. The number of rotatable bonds is 10. The van der Waals surface area contributed by atoms with Gasteiger partial charge in [-0.15, -0.1) is 0 Å². The topological polar surface area (TPSA) is 95.5 Å². The van der Waals surface area contributed by atoms with Crippen molar-refractivity contribution in [2.75, 3.05) is 20.8 Å². The summed E-state index contributed by atoms with van der Waals surface area (Å²) >= 11 is 3.54. The molecule has 0 fully saturated rings. The second-order valence-corrected chi connectivity index (χ2v) is 9.26.